The fraction of sp³-hybridized carbons (Fsp3) is 0.556. The number of halogens is 2. The van der Waals surface area contributed by atoms with Crippen LogP contribution in [0.5, 0.6) is 5.75 Å². The van der Waals surface area contributed by atoms with Gasteiger partial charge in [-0.3, -0.25) is 15.1 Å². The SMILES string of the molecule is CN(C=O)C(=N)NC(COc1cc(Cl)cc(Cl)c1)CC1CCCCC1. The highest BCUT2D eigenvalue weighted by molar-refractivity contribution is 6.34. The van der Waals surface area contributed by atoms with E-state index in [0.717, 1.165) is 6.42 Å². The number of rotatable bonds is 7. The van der Waals surface area contributed by atoms with E-state index in [4.69, 9.17) is 33.3 Å². The summed E-state index contributed by atoms with van der Waals surface area (Å²) in [6, 6.07) is 5.03. The van der Waals surface area contributed by atoms with Crippen molar-refractivity contribution in [2.45, 2.75) is 44.6 Å². The first-order chi connectivity index (χ1) is 12.0. The van der Waals surface area contributed by atoms with Crippen molar-refractivity contribution >= 4 is 35.6 Å². The van der Waals surface area contributed by atoms with Crippen molar-refractivity contribution in [1.82, 2.24) is 10.2 Å². The van der Waals surface area contributed by atoms with E-state index in [-0.39, 0.29) is 12.0 Å². The minimum Gasteiger partial charge on any atom is -0.491 e. The number of nitrogens with zero attached hydrogens (tertiary/aromatic N) is 1. The Morgan fingerprint density at radius 3 is 2.56 bits per heavy atom. The highest BCUT2D eigenvalue weighted by atomic mass is 35.5. The second kappa shape index (κ2) is 9.88. The monoisotopic (exact) mass is 385 g/mol. The molecule has 0 aromatic heterocycles. The molecule has 1 fully saturated rings. The highest BCUT2D eigenvalue weighted by Gasteiger charge is 2.21. The molecule has 0 aliphatic heterocycles. The van der Waals surface area contributed by atoms with Gasteiger partial charge in [-0.05, 0) is 30.5 Å². The van der Waals surface area contributed by atoms with Gasteiger partial charge in [-0.1, -0.05) is 55.3 Å². The molecular formula is C18H25Cl2N3O2. The van der Waals surface area contributed by atoms with Gasteiger partial charge < -0.3 is 10.1 Å². The lowest BCUT2D eigenvalue weighted by Crippen LogP contribution is -2.46. The summed E-state index contributed by atoms with van der Waals surface area (Å²) in [5, 5.41) is 12.1. The first kappa shape index (κ1) is 19.9. The summed E-state index contributed by atoms with van der Waals surface area (Å²) < 4.78 is 5.85. The zero-order valence-electron chi connectivity index (χ0n) is 14.4. The molecule has 1 aliphatic rings. The molecule has 1 aromatic carbocycles. The molecule has 1 aromatic rings. The van der Waals surface area contributed by atoms with Gasteiger partial charge in [0.05, 0.1) is 6.04 Å². The third kappa shape index (κ3) is 6.75. The molecule has 0 heterocycles. The molecule has 138 valence electrons. The predicted molar refractivity (Wildman–Crippen MR) is 102 cm³/mol. The zero-order valence-corrected chi connectivity index (χ0v) is 15.9. The lowest BCUT2D eigenvalue weighted by atomic mass is 9.85. The second-order valence-corrected chi connectivity index (χ2v) is 7.43. The van der Waals surface area contributed by atoms with E-state index in [2.05, 4.69) is 5.32 Å². The number of benzene rings is 1. The molecule has 2 N–H and O–H groups in total. The summed E-state index contributed by atoms with van der Waals surface area (Å²) in [5.41, 5.74) is 0. The molecule has 0 saturated heterocycles. The molecule has 7 heteroatoms. The third-order valence-electron chi connectivity index (χ3n) is 4.48. The van der Waals surface area contributed by atoms with Crippen molar-refractivity contribution in [1.29, 1.82) is 5.41 Å². The van der Waals surface area contributed by atoms with Crippen LogP contribution < -0.4 is 10.1 Å². The van der Waals surface area contributed by atoms with Gasteiger partial charge in [-0.25, -0.2) is 0 Å². The van der Waals surface area contributed by atoms with E-state index < -0.39 is 0 Å². The van der Waals surface area contributed by atoms with E-state index in [9.17, 15) is 4.79 Å². The number of hydrogen-bond acceptors (Lipinski definition) is 3. The molecule has 5 nitrogen and oxygen atoms in total. The summed E-state index contributed by atoms with van der Waals surface area (Å²) in [6.07, 6.45) is 7.75. The molecule has 0 radical (unpaired) electrons. The number of nitrogens with one attached hydrogen (secondary N) is 2. The lowest BCUT2D eigenvalue weighted by molar-refractivity contribution is -0.114. The molecule has 0 spiro atoms. The Balaban J connectivity index is 1.98. The number of carbonyl (C=O) groups excluding carboxylic acids is 1. The van der Waals surface area contributed by atoms with Gasteiger partial charge in [0, 0.05) is 17.1 Å². The van der Waals surface area contributed by atoms with Crippen LogP contribution in [0, 0.1) is 11.3 Å². The zero-order chi connectivity index (χ0) is 18.2. The summed E-state index contributed by atoms with van der Waals surface area (Å²) >= 11 is 12.0. The smallest absolute Gasteiger partial charge is 0.216 e. The topological polar surface area (TPSA) is 65.4 Å². The third-order valence-corrected chi connectivity index (χ3v) is 4.92. The van der Waals surface area contributed by atoms with Gasteiger partial charge in [0.15, 0.2) is 5.96 Å². The first-order valence-electron chi connectivity index (χ1n) is 8.60. The van der Waals surface area contributed by atoms with Gasteiger partial charge >= 0.3 is 0 Å². The van der Waals surface area contributed by atoms with E-state index >= 15 is 0 Å². The van der Waals surface area contributed by atoms with E-state index in [1.165, 1.54) is 37.0 Å². The molecule has 2 rings (SSSR count). The second-order valence-electron chi connectivity index (χ2n) is 6.56. The van der Waals surface area contributed by atoms with Crippen LogP contribution in [0.1, 0.15) is 38.5 Å². The van der Waals surface area contributed by atoms with Crippen LogP contribution in [0.15, 0.2) is 18.2 Å². The van der Waals surface area contributed by atoms with Gasteiger partial charge in [-0.15, -0.1) is 0 Å². The average Bonchev–Trinajstić information content (AvgIpc) is 2.59. The van der Waals surface area contributed by atoms with Crippen molar-refractivity contribution in [2.75, 3.05) is 13.7 Å². The number of carbonyl (C=O) groups is 1. The quantitative estimate of drug-likeness (QED) is 0.417. The molecule has 0 bridgehead atoms. The van der Waals surface area contributed by atoms with Crippen LogP contribution in [0.3, 0.4) is 0 Å². The van der Waals surface area contributed by atoms with Crippen LogP contribution in [-0.4, -0.2) is 37.0 Å². The lowest BCUT2D eigenvalue weighted by Gasteiger charge is -2.29. The Morgan fingerprint density at radius 1 is 1.32 bits per heavy atom. The van der Waals surface area contributed by atoms with Crippen LogP contribution in [-0.2, 0) is 4.79 Å². The van der Waals surface area contributed by atoms with Gasteiger partial charge in [0.2, 0.25) is 6.41 Å². The normalized spacial score (nSPS) is 16.1. The largest absolute Gasteiger partial charge is 0.491 e. The molecule has 1 aliphatic carbocycles. The Morgan fingerprint density at radius 2 is 1.96 bits per heavy atom. The van der Waals surface area contributed by atoms with E-state index in [1.54, 1.807) is 25.2 Å². The first-order valence-corrected chi connectivity index (χ1v) is 9.35. The summed E-state index contributed by atoms with van der Waals surface area (Å²) in [6.45, 7) is 0.377. The van der Waals surface area contributed by atoms with Gasteiger partial charge in [-0.2, -0.15) is 0 Å². The minimum atomic E-state index is -0.0595. The summed E-state index contributed by atoms with van der Waals surface area (Å²) in [4.78, 5) is 12.1. The fourth-order valence-corrected chi connectivity index (χ4v) is 3.66. The maximum atomic E-state index is 10.9. The van der Waals surface area contributed by atoms with Crippen LogP contribution in [0.2, 0.25) is 10.0 Å². The standard InChI is InChI=1S/C18H25Cl2N3O2/c1-23(12-24)18(21)22-16(7-13-5-3-2-4-6-13)11-25-17-9-14(19)8-15(20)10-17/h8-10,12-13,16H,2-7,11H2,1H3,(H2,21,22). The average molecular weight is 386 g/mol. The maximum absolute atomic E-state index is 10.9. The number of amides is 1. The van der Waals surface area contributed by atoms with Crippen LogP contribution in [0.25, 0.3) is 0 Å². The molecular weight excluding hydrogens is 361 g/mol. The fourth-order valence-electron chi connectivity index (χ4n) is 3.15. The summed E-state index contributed by atoms with van der Waals surface area (Å²) in [5.74, 6) is 1.29. The van der Waals surface area contributed by atoms with Crippen molar-refractivity contribution in [3.05, 3.63) is 28.2 Å². The van der Waals surface area contributed by atoms with Gasteiger partial charge in [0.25, 0.3) is 0 Å². The summed E-state index contributed by atoms with van der Waals surface area (Å²) in [7, 11) is 1.55. The van der Waals surface area contributed by atoms with E-state index in [0.29, 0.717) is 34.7 Å². The van der Waals surface area contributed by atoms with Crippen molar-refractivity contribution in [2.24, 2.45) is 5.92 Å². The Labute approximate surface area is 159 Å². The van der Waals surface area contributed by atoms with Crippen molar-refractivity contribution in [3.63, 3.8) is 0 Å². The minimum absolute atomic E-state index is 0.0595. The Kier molecular flexibility index (Phi) is 7.85. The number of guanidine groups is 1. The molecule has 25 heavy (non-hydrogen) atoms. The molecule has 1 saturated carbocycles. The van der Waals surface area contributed by atoms with Crippen molar-refractivity contribution < 1.29 is 9.53 Å². The Hall–Kier alpha value is -1.46. The Bertz CT molecular complexity index is 571. The molecule has 1 amide bonds. The molecule has 1 atom stereocenters. The highest BCUT2D eigenvalue weighted by Crippen LogP contribution is 2.28. The van der Waals surface area contributed by atoms with E-state index in [1.807, 2.05) is 0 Å². The molecule has 1 unspecified atom stereocenters. The number of ether oxygens (including phenoxy) is 1. The predicted octanol–water partition coefficient (Wildman–Crippen LogP) is 4.32. The van der Waals surface area contributed by atoms with Crippen LogP contribution >= 0.6 is 23.2 Å². The van der Waals surface area contributed by atoms with Crippen LogP contribution in [0.4, 0.5) is 0 Å². The van der Waals surface area contributed by atoms with Crippen molar-refractivity contribution in [3.8, 4) is 5.75 Å². The maximum Gasteiger partial charge on any atom is 0.216 e. The number of hydrogen-bond donors (Lipinski definition) is 2. The van der Waals surface area contributed by atoms with Gasteiger partial charge in [0.1, 0.15) is 12.4 Å².